The van der Waals surface area contributed by atoms with Gasteiger partial charge in [0.15, 0.2) is 16.6 Å². The van der Waals surface area contributed by atoms with Gasteiger partial charge in [-0.3, -0.25) is 14.6 Å². The van der Waals surface area contributed by atoms with Crippen molar-refractivity contribution in [3.63, 3.8) is 0 Å². The lowest BCUT2D eigenvalue weighted by molar-refractivity contribution is -0.141. The van der Waals surface area contributed by atoms with Gasteiger partial charge < -0.3 is 29.1 Å². The van der Waals surface area contributed by atoms with Crippen molar-refractivity contribution < 1.29 is 47.4 Å². The van der Waals surface area contributed by atoms with Gasteiger partial charge in [-0.25, -0.2) is 18.8 Å². The molecule has 50 heavy (non-hydrogen) atoms. The smallest absolute Gasteiger partial charge is 0.411 e. The molecule has 2 unspecified atom stereocenters. The monoisotopic (exact) mass is 853 g/mol. The summed E-state index contributed by atoms with van der Waals surface area (Å²) < 4.78 is 33.1. The third kappa shape index (κ3) is 11.9. The number of carbonyl (C=O) groups excluding carboxylic acids is 2. The summed E-state index contributed by atoms with van der Waals surface area (Å²) in [6.07, 6.45) is -1.81. The molecule has 2 fully saturated rings. The fraction of sp³-hybridized carbons (Fsp3) is 0.706. The highest BCUT2D eigenvalue weighted by molar-refractivity contribution is 14.1. The molecule has 3 N–H and O–H groups in total. The molecule has 2 saturated heterocycles. The van der Waals surface area contributed by atoms with E-state index >= 15 is 0 Å². The SMILES string of the molecule is CC(C)(C)OC(=O)N1C[C@H](O[Si](C)(C)C(C)(C)C)C[C@@H]1C(=O)Nc1ccc(I)cc1F.CC(C)(C)[Si](C)(C)OC1CC(C(=O)O)N(C(=O)O)C1. The van der Waals surface area contributed by atoms with Gasteiger partial charge in [-0.15, -0.1) is 0 Å². The fourth-order valence-corrected chi connectivity index (χ4v) is 8.14. The van der Waals surface area contributed by atoms with Gasteiger partial charge in [0.05, 0.1) is 17.9 Å². The summed E-state index contributed by atoms with van der Waals surface area (Å²) in [4.78, 5) is 50.4. The zero-order valence-electron chi connectivity index (χ0n) is 31.8. The van der Waals surface area contributed by atoms with Gasteiger partial charge in [0.25, 0.3) is 0 Å². The minimum atomic E-state index is -2.11. The van der Waals surface area contributed by atoms with Crippen molar-refractivity contribution in [1.29, 1.82) is 0 Å². The first-order valence-electron chi connectivity index (χ1n) is 16.8. The van der Waals surface area contributed by atoms with Crippen molar-refractivity contribution in [2.45, 2.75) is 141 Å². The van der Waals surface area contributed by atoms with Crippen molar-refractivity contribution in [1.82, 2.24) is 9.80 Å². The average Bonchev–Trinajstić information content (AvgIpc) is 3.53. The summed E-state index contributed by atoms with van der Waals surface area (Å²) in [5, 5.41) is 20.7. The van der Waals surface area contributed by atoms with Gasteiger partial charge in [0, 0.05) is 29.5 Å². The third-order valence-electron chi connectivity index (χ3n) is 9.71. The average molecular weight is 854 g/mol. The summed E-state index contributed by atoms with van der Waals surface area (Å²) in [7, 11) is -4.12. The molecule has 16 heteroatoms. The number of carboxylic acid groups (broad SMARTS) is 2. The van der Waals surface area contributed by atoms with Crippen molar-refractivity contribution in [3.05, 3.63) is 27.6 Å². The van der Waals surface area contributed by atoms with Crippen LogP contribution in [0.25, 0.3) is 0 Å². The topological polar surface area (TPSA) is 155 Å². The molecule has 2 aliphatic rings. The highest BCUT2D eigenvalue weighted by atomic mass is 127. The molecule has 1 aromatic rings. The van der Waals surface area contributed by atoms with Crippen LogP contribution in [0.3, 0.4) is 0 Å². The van der Waals surface area contributed by atoms with Crippen LogP contribution in [0.2, 0.25) is 36.3 Å². The number of nitrogens with one attached hydrogen (secondary N) is 1. The zero-order valence-corrected chi connectivity index (χ0v) is 35.9. The zero-order chi connectivity index (χ0) is 38.8. The number of hydrogen-bond acceptors (Lipinski definition) is 7. The number of likely N-dealkylation sites (tertiary alicyclic amines) is 2. The largest absolute Gasteiger partial charge is 0.480 e. The first kappa shape index (κ1) is 43.9. The Morgan fingerprint density at radius 2 is 1.28 bits per heavy atom. The van der Waals surface area contributed by atoms with Gasteiger partial charge in [0.1, 0.15) is 23.5 Å². The molecule has 0 aliphatic carbocycles. The lowest BCUT2D eigenvalue weighted by atomic mass is 10.1. The minimum Gasteiger partial charge on any atom is -0.480 e. The Bertz CT molecular complexity index is 1390. The van der Waals surface area contributed by atoms with Crippen molar-refractivity contribution >= 4 is 69.0 Å². The first-order valence-corrected chi connectivity index (χ1v) is 23.7. The summed E-state index contributed by atoms with van der Waals surface area (Å²) in [6.45, 7) is 26.9. The molecule has 0 aromatic heterocycles. The summed E-state index contributed by atoms with van der Waals surface area (Å²) in [5.74, 6) is -2.08. The second-order valence-corrected chi connectivity index (χ2v) is 27.8. The Morgan fingerprint density at radius 1 is 0.820 bits per heavy atom. The van der Waals surface area contributed by atoms with E-state index in [4.69, 9.17) is 23.8 Å². The van der Waals surface area contributed by atoms with E-state index in [9.17, 15) is 23.6 Å². The summed E-state index contributed by atoms with van der Waals surface area (Å²) >= 11 is 2.00. The number of carboxylic acids is 1. The Hall–Kier alpha value is -2.29. The van der Waals surface area contributed by atoms with Crippen LogP contribution in [0.1, 0.15) is 75.2 Å². The van der Waals surface area contributed by atoms with Crippen molar-refractivity contribution in [2.24, 2.45) is 0 Å². The van der Waals surface area contributed by atoms with E-state index in [-0.39, 0.29) is 47.5 Å². The van der Waals surface area contributed by atoms with Crippen LogP contribution in [0, 0.1) is 9.39 Å². The number of rotatable bonds is 7. The number of amides is 3. The molecule has 0 saturated carbocycles. The Kier molecular flexibility index (Phi) is 14.2. The maximum absolute atomic E-state index is 14.3. The maximum Gasteiger partial charge on any atom is 0.411 e. The van der Waals surface area contributed by atoms with Gasteiger partial charge in [-0.05, 0) is 97.8 Å². The van der Waals surface area contributed by atoms with Gasteiger partial charge in [-0.1, -0.05) is 41.5 Å². The van der Waals surface area contributed by atoms with Gasteiger partial charge >= 0.3 is 18.2 Å². The van der Waals surface area contributed by atoms with E-state index in [1.54, 1.807) is 26.8 Å². The molecule has 0 spiro atoms. The molecule has 0 bridgehead atoms. The van der Waals surface area contributed by atoms with Crippen LogP contribution in [-0.4, -0.2) is 104 Å². The van der Waals surface area contributed by atoms with Crippen LogP contribution < -0.4 is 5.32 Å². The van der Waals surface area contributed by atoms with Crippen LogP contribution in [0.4, 0.5) is 19.7 Å². The Labute approximate surface area is 312 Å². The molecule has 3 rings (SSSR count). The first-order chi connectivity index (χ1) is 22.5. The second kappa shape index (κ2) is 16.2. The van der Waals surface area contributed by atoms with E-state index in [1.807, 2.05) is 22.6 Å². The lowest BCUT2D eigenvalue weighted by Gasteiger charge is -2.38. The van der Waals surface area contributed by atoms with Crippen LogP contribution in [-0.2, 0) is 23.2 Å². The minimum absolute atomic E-state index is 0.00555. The number of ether oxygens (including phenoxy) is 1. The number of halogens is 2. The van der Waals surface area contributed by atoms with Crippen LogP contribution >= 0.6 is 22.6 Å². The number of aliphatic carboxylic acids is 1. The van der Waals surface area contributed by atoms with Gasteiger partial charge in [-0.2, -0.15) is 0 Å². The number of hydrogen-bond donors (Lipinski definition) is 3. The third-order valence-corrected chi connectivity index (χ3v) is 19.5. The molecular weight excluding hydrogens is 796 g/mol. The number of anilines is 1. The molecule has 2 aliphatic heterocycles. The summed E-state index contributed by atoms with van der Waals surface area (Å²) in [5.41, 5.74) is -0.609. The van der Waals surface area contributed by atoms with E-state index in [0.29, 0.717) is 6.42 Å². The predicted octanol–water partition coefficient (Wildman–Crippen LogP) is 7.98. The Balaban J connectivity index is 0.000000391. The number of carbonyl (C=O) groups is 4. The lowest BCUT2D eigenvalue weighted by Crippen LogP contribution is -2.46. The molecular formula is C34H57FIN3O9Si2. The van der Waals surface area contributed by atoms with Crippen molar-refractivity contribution in [2.75, 3.05) is 18.4 Å². The van der Waals surface area contributed by atoms with Crippen molar-refractivity contribution in [3.8, 4) is 0 Å². The number of nitrogens with zero attached hydrogens (tertiary/aromatic N) is 2. The Morgan fingerprint density at radius 3 is 1.66 bits per heavy atom. The highest BCUT2D eigenvalue weighted by Gasteiger charge is 2.47. The molecule has 0 radical (unpaired) electrons. The molecule has 4 atom stereocenters. The standard InChI is InChI=1S/C22H34FIN2O4Si.C12H23NO5Si/c1-21(2,3)29-20(28)26-13-15(30-31(7,8)22(4,5)6)12-18(26)19(27)25-17-10-9-14(24)11-16(17)23;1-12(2,3)19(4,5)18-8-6-9(10(14)15)13(7-8)11(16)17/h9-11,15,18H,12-13H2,1-8H3,(H,25,27);8-9H,6-7H2,1-5H3,(H,14,15)(H,16,17)/t15-,18-;/m1./s1. The second-order valence-electron chi connectivity index (χ2n) is 17.0. The van der Waals surface area contributed by atoms with E-state index in [2.05, 4.69) is 73.0 Å². The van der Waals surface area contributed by atoms with Crippen LogP contribution in [0.15, 0.2) is 18.2 Å². The molecule has 2 heterocycles. The summed E-state index contributed by atoms with van der Waals surface area (Å²) in [6, 6.07) is 2.78. The number of benzene rings is 1. The quantitative estimate of drug-likeness (QED) is 0.183. The van der Waals surface area contributed by atoms with Gasteiger partial charge in [0.2, 0.25) is 5.91 Å². The molecule has 12 nitrogen and oxygen atoms in total. The molecule has 3 amide bonds. The molecule has 1 aromatic carbocycles. The maximum atomic E-state index is 14.3. The normalized spacial score (nSPS) is 21.7. The van der Waals surface area contributed by atoms with E-state index in [1.165, 1.54) is 17.0 Å². The van der Waals surface area contributed by atoms with Crippen LogP contribution in [0.5, 0.6) is 0 Å². The predicted molar refractivity (Wildman–Crippen MR) is 204 cm³/mol. The fourth-order valence-electron chi connectivity index (χ4n) is 4.98. The van der Waals surface area contributed by atoms with E-state index < -0.39 is 64.2 Å². The highest BCUT2D eigenvalue weighted by Crippen LogP contribution is 2.40. The molecule has 284 valence electrons. The van der Waals surface area contributed by atoms with E-state index in [0.717, 1.165) is 8.47 Å².